The predicted molar refractivity (Wildman–Crippen MR) is 87.8 cm³/mol. The van der Waals surface area contributed by atoms with Gasteiger partial charge in [-0.3, -0.25) is 4.79 Å². The molecular weight excluding hydrogens is 330 g/mol. The summed E-state index contributed by atoms with van der Waals surface area (Å²) in [4.78, 5) is 14.6. The molecule has 0 aromatic carbocycles. The Balaban J connectivity index is 1.44. The summed E-state index contributed by atoms with van der Waals surface area (Å²) in [6.45, 7) is 3.13. The zero-order chi connectivity index (χ0) is 16.7. The zero-order valence-corrected chi connectivity index (χ0v) is 14.2. The molecule has 2 aliphatic heterocycles. The van der Waals surface area contributed by atoms with Gasteiger partial charge in [0.1, 0.15) is 5.76 Å². The van der Waals surface area contributed by atoms with Gasteiger partial charge in [0.15, 0.2) is 5.82 Å². The number of rotatable bonds is 4. The van der Waals surface area contributed by atoms with Gasteiger partial charge in [-0.05, 0) is 25.8 Å². The number of aromatic nitrogens is 3. The third-order valence-electron chi connectivity index (χ3n) is 4.62. The van der Waals surface area contributed by atoms with Crippen molar-refractivity contribution in [1.82, 2.24) is 19.8 Å². The van der Waals surface area contributed by atoms with Gasteiger partial charge in [-0.25, -0.2) is 4.68 Å². The fraction of sp³-hybridized carbons (Fsp3) is 0.533. The van der Waals surface area contributed by atoms with Crippen LogP contribution in [0, 0.1) is 6.92 Å². The maximum atomic E-state index is 12.6. The Labute approximate surface area is 143 Å². The van der Waals surface area contributed by atoms with Gasteiger partial charge < -0.3 is 19.9 Å². The monoisotopic (exact) mass is 349 g/mol. The van der Waals surface area contributed by atoms with Crippen LogP contribution >= 0.6 is 11.8 Å². The Morgan fingerprint density at radius 3 is 2.79 bits per heavy atom. The fourth-order valence-electron chi connectivity index (χ4n) is 3.41. The molecule has 2 aromatic heterocycles. The predicted octanol–water partition coefficient (Wildman–Crippen LogP) is 1.04. The third-order valence-corrected chi connectivity index (χ3v) is 5.55. The molecule has 2 aliphatic rings. The van der Waals surface area contributed by atoms with E-state index < -0.39 is 0 Å². The van der Waals surface area contributed by atoms with Crippen molar-refractivity contribution in [3.8, 4) is 11.4 Å². The number of nitrogens with zero attached hydrogens (tertiary/aromatic N) is 4. The number of carbonyl (C=O) groups excluding carboxylic acids is 1. The minimum atomic E-state index is 0.111. The Kier molecular flexibility index (Phi) is 3.97. The van der Waals surface area contributed by atoms with Crippen LogP contribution in [-0.4, -0.2) is 56.7 Å². The number of hydrogen-bond acceptors (Lipinski definition) is 7. The topological polar surface area (TPSA) is 99.4 Å². The van der Waals surface area contributed by atoms with Crippen molar-refractivity contribution in [1.29, 1.82) is 0 Å². The van der Waals surface area contributed by atoms with E-state index in [1.165, 1.54) is 16.4 Å². The van der Waals surface area contributed by atoms with E-state index in [9.17, 15) is 4.79 Å². The first-order valence-electron chi connectivity index (χ1n) is 7.92. The molecule has 2 bridgehead atoms. The van der Waals surface area contributed by atoms with Crippen molar-refractivity contribution in [2.75, 3.05) is 24.8 Å². The van der Waals surface area contributed by atoms with Crippen LogP contribution < -0.4 is 5.84 Å². The van der Waals surface area contributed by atoms with E-state index in [1.807, 2.05) is 11.8 Å². The number of nitrogen functional groups attached to an aromatic ring is 1. The molecule has 2 fully saturated rings. The minimum Gasteiger partial charge on any atom is -0.469 e. The molecule has 0 aliphatic carbocycles. The molecule has 0 saturated carbocycles. The first kappa shape index (κ1) is 15.5. The van der Waals surface area contributed by atoms with E-state index in [2.05, 4.69) is 10.2 Å². The summed E-state index contributed by atoms with van der Waals surface area (Å²) in [6.07, 6.45) is 3.64. The molecule has 4 heterocycles. The lowest BCUT2D eigenvalue weighted by Gasteiger charge is -2.34. The number of amides is 1. The fourth-order valence-corrected chi connectivity index (χ4v) is 4.14. The van der Waals surface area contributed by atoms with Crippen molar-refractivity contribution in [2.45, 2.75) is 37.0 Å². The van der Waals surface area contributed by atoms with Crippen LogP contribution in [-0.2, 0) is 9.53 Å². The van der Waals surface area contributed by atoms with Gasteiger partial charge in [0.2, 0.25) is 11.1 Å². The van der Waals surface area contributed by atoms with E-state index in [0.29, 0.717) is 29.9 Å². The summed E-state index contributed by atoms with van der Waals surface area (Å²) in [6, 6.07) is 2.24. The molecule has 128 valence electrons. The van der Waals surface area contributed by atoms with E-state index in [4.69, 9.17) is 15.0 Å². The Hall–Kier alpha value is -2.00. The molecule has 8 nitrogen and oxygen atoms in total. The number of furan rings is 1. The number of nitrogens with two attached hydrogens (primary N) is 1. The van der Waals surface area contributed by atoms with Crippen LogP contribution in [0.4, 0.5) is 0 Å². The molecule has 2 atom stereocenters. The van der Waals surface area contributed by atoms with Crippen LogP contribution in [0.2, 0.25) is 0 Å². The van der Waals surface area contributed by atoms with Crippen LogP contribution in [0.1, 0.15) is 18.6 Å². The highest BCUT2D eigenvalue weighted by Gasteiger charge is 2.40. The Bertz CT molecular complexity index is 742. The minimum absolute atomic E-state index is 0.111. The van der Waals surface area contributed by atoms with Crippen LogP contribution in [0.25, 0.3) is 11.4 Å². The highest BCUT2D eigenvalue weighted by molar-refractivity contribution is 7.99. The molecule has 9 heteroatoms. The first-order chi connectivity index (χ1) is 11.6. The smallest absolute Gasteiger partial charge is 0.233 e. The number of aryl methyl sites for hydroxylation is 1. The zero-order valence-electron chi connectivity index (χ0n) is 13.3. The summed E-state index contributed by atoms with van der Waals surface area (Å²) in [7, 11) is 0. The van der Waals surface area contributed by atoms with Crippen molar-refractivity contribution < 1.29 is 13.9 Å². The van der Waals surface area contributed by atoms with Crippen molar-refractivity contribution >= 4 is 17.7 Å². The molecule has 2 aromatic rings. The van der Waals surface area contributed by atoms with Gasteiger partial charge in [0.05, 0.1) is 42.9 Å². The number of carbonyl (C=O) groups is 1. The third kappa shape index (κ3) is 2.57. The molecular formula is C15H19N5O3S. The maximum absolute atomic E-state index is 12.6. The van der Waals surface area contributed by atoms with Gasteiger partial charge in [0.25, 0.3) is 0 Å². The SMILES string of the molecule is Cc1occc1-c1nnc(SCC(=O)N2C3CCC2COC3)n1N. The standard InChI is InChI=1S/C15H19N5O3S/c1-9-12(4-5-23-9)14-17-18-15(20(14)16)24-8-13(21)19-10-2-3-11(19)7-22-6-10/h4-5,10-11H,2-3,6-8,16H2,1H3. The molecule has 0 radical (unpaired) electrons. The highest BCUT2D eigenvalue weighted by Crippen LogP contribution is 2.30. The lowest BCUT2D eigenvalue weighted by Crippen LogP contribution is -2.49. The number of fused-ring (bicyclic) bond motifs is 2. The average Bonchev–Trinajstić information content (AvgIpc) is 3.22. The first-order valence-corrected chi connectivity index (χ1v) is 8.90. The highest BCUT2D eigenvalue weighted by atomic mass is 32.2. The van der Waals surface area contributed by atoms with Gasteiger partial charge in [-0.1, -0.05) is 11.8 Å². The number of morpholine rings is 1. The molecule has 24 heavy (non-hydrogen) atoms. The van der Waals surface area contributed by atoms with E-state index in [1.54, 1.807) is 12.3 Å². The quantitative estimate of drug-likeness (QED) is 0.650. The average molecular weight is 349 g/mol. The lowest BCUT2D eigenvalue weighted by atomic mass is 10.2. The number of hydrogen-bond donors (Lipinski definition) is 1. The van der Waals surface area contributed by atoms with Crippen LogP contribution in [0.3, 0.4) is 0 Å². The van der Waals surface area contributed by atoms with Crippen LogP contribution in [0.15, 0.2) is 21.9 Å². The molecule has 2 N–H and O–H groups in total. The Morgan fingerprint density at radius 1 is 1.38 bits per heavy atom. The van der Waals surface area contributed by atoms with Gasteiger partial charge in [0, 0.05) is 0 Å². The van der Waals surface area contributed by atoms with Crippen LogP contribution in [0.5, 0.6) is 0 Å². The Morgan fingerprint density at radius 2 is 2.12 bits per heavy atom. The normalized spacial score (nSPS) is 23.0. The second-order valence-corrected chi connectivity index (χ2v) is 7.02. The second kappa shape index (κ2) is 6.14. The van der Waals surface area contributed by atoms with Crippen molar-refractivity contribution in [2.24, 2.45) is 0 Å². The molecule has 0 spiro atoms. The largest absolute Gasteiger partial charge is 0.469 e. The summed E-state index contributed by atoms with van der Waals surface area (Å²) >= 11 is 1.31. The molecule has 2 saturated heterocycles. The van der Waals surface area contributed by atoms with E-state index in [0.717, 1.165) is 24.2 Å². The van der Waals surface area contributed by atoms with E-state index >= 15 is 0 Å². The maximum Gasteiger partial charge on any atom is 0.233 e. The van der Waals surface area contributed by atoms with Gasteiger partial charge in [-0.2, -0.15) is 0 Å². The van der Waals surface area contributed by atoms with E-state index in [-0.39, 0.29) is 18.0 Å². The summed E-state index contributed by atoms with van der Waals surface area (Å²) < 4.78 is 12.2. The van der Waals surface area contributed by atoms with Gasteiger partial charge in [-0.15, -0.1) is 10.2 Å². The summed E-state index contributed by atoms with van der Waals surface area (Å²) in [5.74, 6) is 7.75. The molecule has 4 rings (SSSR count). The summed E-state index contributed by atoms with van der Waals surface area (Å²) in [5, 5.41) is 8.72. The summed E-state index contributed by atoms with van der Waals surface area (Å²) in [5.41, 5.74) is 0.800. The molecule has 1 amide bonds. The van der Waals surface area contributed by atoms with Crippen molar-refractivity contribution in [3.05, 3.63) is 18.1 Å². The van der Waals surface area contributed by atoms with Gasteiger partial charge >= 0.3 is 0 Å². The second-order valence-electron chi connectivity index (χ2n) is 6.08. The lowest BCUT2D eigenvalue weighted by molar-refractivity contribution is -0.138. The van der Waals surface area contributed by atoms with Crippen molar-refractivity contribution in [3.63, 3.8) is 0 Å². The number of thioether (sulfide) groups is 1. The number of ether oxygens (including phenoxy) is 1. The molecule has 2 unspecified atom stereocenters.